The van der Waals surface area contributed by atoms with Crippen LogP contribution in [0.4, 0.5) is 0 Å². The van der Waals surface area contributed by atoms with Gasteiger partial charge in [0.05, 0.1) is 11.2 Å². The Bertz CT molecular complexity index is 454. The van der Waals surface area contributed by atoms with E-state index in [4.69, 9.17) is 19.6 Å². The average molecular weight is 329 g/mol. The smallest absolute Gasteiger partial charge is 0.256 e. The molecule has 0 atom stereocenters. The Labute approximate surface area is 137 Å². The highest BCUT2D eigenvalue weighted by Gasteiger charge is 2.30. The summed E-state index contributed by atoms with van der Waals surface area (Å²) >= 11 is 0. The normalized spacial score (nSPS) is 16.5. The fourth-order valence-electron chi connectivity index (χ4n) is 1.59. The minimum Gasteiger partial charge on any atom is -0.275 e. The van der Waals surface area contributed by atoms with Gasteiger partial charge in [-0.25, -0.2) is 19.6 Å². The van der Waals surface area contributed by atoms with E-state index in [2.05, 4.69) is 0 Å². The zero-order valence-electron chi connectivity index (χ0n) is 15.0. The molecular weight excluding hydrogens is 302 g/mol. The molecule has 1 aliphatic rings. The number of hydrogen-bond donors (Lipinski definition) is 0. The number of amides is 2. The molecule has 0 aromatic rings. The summed E-state index contributed by atoms with van der Waals surface area (Å²) in [6.07, 6.45) is 0.677. The van der Waals surface area contributed by atoms with Crippen molar-refractivity contribution in [3.63, 3.8) is 0 Å². The monoisotopic (exact) mass is 329 g/mol. The van der Waals surface area contributed by atoms with E-state index in [0.717, 1.165) is 4.90 Å². The molecule has 0 saturated heterocycles. The molecule has 1 aliphatic heterocycles. The summed E-state index contributed by atoms with van der Waals surface area (Å²) in [5.74, 6) is -0.637. The quantitative estimate of drug-likeness (QED) is 0.309. The lowest BCUT2D eigenvalue weighted by molar-refractivity contribution is -0.497. The van der Waals surface area contributed by atoms with Crippen LogP contribution in [0.5, 0.6) is 0 Å². The second-order valence-corrected chi connectivity index (χ2v) is 7.42. The summed E-state index contributed by atoms with van der Waals surface area (Å²) in [5, 5.41) is 0. The van der Waals surface area contributed by atoms with Crippen LogP contribution in [0.2, 0.25) is 0 Å². The molecule has 2 amide bonds. The van der Waals surface area contributed by atoms with Crippen LogP contribution >= 0.6 is 0 Å². The van der Waals surface area contributed by atoms with E-state index in [1.54, 1.807) is 6.92 Å². The second kappa shape index (κ2) is 7.53. The maximum absolute atomic E-state index is 11.9. The largest absolute Gasteiger partial charge is 0.275 e. The zero-order valence-corrected chi connectivity index (χ0v) is 15.0. The van der Waals surface area contributed by atoms with Crippen molar-refractivity contribution in [2.24, 2.45) is 0 Å². The third kappa shape index (κ3) is 7.22. The lowest BCUT2D eigenvalue weighted by Crippen LogP contribution is -2.36. The minimum absolute atomic E-state index is 0.150. The van der Waals surface area contributed by atoms with E-state index in [0.29, 0.717) is 5.57 Å². The molecule has 0 fully saturated rings. The van der Waals surface area contributed by atoms with Crippen molar-refractivity contribution < 1.29 is 29.1 Å². The highest BCUT2D eigenvalue weighted by molar-refractivity contribution is 6.15. The van der Waals surface area contributed by atoms with Crippen molar-refractivity contribution in [2.45, 2.75) is 72.4 Å². The fraction of sp³-hybridized carbons (Fsp3) is 0.750. The van der Waals surface area contributed by atoms with Gasteiger partial charge in [0.15, 0.2) is 0 Å². The van der Waals surface area contributed by atoms with E-state index in [1.807, 2.05) is 41.5 Å². The molecule has 0 bridgehead atoms. The summed E-state index contributed by atoms with van der Waals surface area (Å²) in [6.45, 7) is 12.7. The van der Waals surface area contributed by atoms with Crippen LogP contribution in [-0.2, 0) is 29.1 Å². The van der Waals surface area contributed by atoms with Gasteiger partial charge in [-0.1, -0.05) is 0 Å². The van der Waals surface area contributed by atoms with Gasteiger partial charge < -0.3 is 0 Å². The van der Waals surface area contributed by atoms with E-state index >= 15 is 0 Å². The summed E-state index contributed by atoms with van der Waals surface area (Å²) in [7, 11) is 0. The Balaban J connectivity index is 2.58. The first-order valence-electron chi connectivity index (χ1n) is 7.62. The Hall–Kier alpha value is -1.28. The topological polar surface area (TPSA) is 74.3 Å². The van der Waals surface area contributed by atoms with Crippen LogP contribution in [0.25, 0.3) is 0 Å². The molecule has 7 heteroatoms. The summed E-state index contributed by atoms with van der Waals surface area (Å²) in [6, 6.07) is 0. The molecule has 1 rings (SSSR count). The molecule has 0 aromatic carbocycles. The Morgan fingerprint density at radius 1 is 1.00 bits per heavy atom. The fourth-order valence-corrected chi connectivity index (χ4v) is 1.59. The molecule has 0 aromatic heterocycles. The molecule has 0 radical (unpaired) electrons. The lowest BCUT2D eigenvalue weighted by Gasteiger charge is -2.26. The first-order chi connectivity index (χ1) is 10.4. The third-order valence-corrected chi connectivity index (χ3v) is 2.59. The first-order valence-corrected chi connectivity index (χ1v) is 7.62. The highest BCUT2D eigenvalue weighted by atomic mass is 17.3. The molecule has 132 valence electrons. The predicted octanol–water partition coefficient (Wildman–Crippen LogP) is 2.51. The van der Waals surface area contributed by atoms with E-state index < -0.39 is 17.5 Å². The maximum atomic E-state index is 11.9. The minimum atomic E-state index is -0.866. The van der Waals surface area contributed by atoms with Crippen LogP contribution in [0.15, 0.2) is 11.6 Å². The van der Waals surface area contributed by atoms with Gasteiger partial charge in [-0.05, 0) is 48.5 Å². The molecule has 23 heavy (non-hydrogen) atoms. The molecule has 0 aliphatic carbocycles. The lowest BCUT2D eigenvalue weighted by atomic mass is 10.2. The zero-order chi connectivity index (χ0) is 17.8. The maximum Gasteiger partial charge on any atom is 0.256 e. The summed E-state index contributed by atoms with van der Waals surface area (Å²) in [4.78, 5) is 45.7. The van der Waals surface area contributed by atoms with Crippen molar-refractivity contribution in [3.8, 4) is 0 Å². The van der Waals surface area contributed by atoms with Crippen LogP contribution in [0.1, 0.15) is 54.9 Å². The van der Waals surface area contributed by atoms with Gasteiger partial charge in [-0.3, -0.25) is 14.5 Å². The highest BCUT2D eigenvalue weighted by Crippen LogP contribution is 2.18. The molecule has 7 nitrogen and oxygen atoms in total. The standard InChI is InChI=1S/C16H27NO6/c1-11-10-12(18)17(14(11)19)9-8-13(20-22-15(2,3)4)21-23-16(5,6)7/h10,13H,8-9H2,1-7H3. The molecule has 0 saturated carbocycles. The average Bonchev–Trinajstić information content (AvgIpc) is 2.61. The third-order valence-electron chi connectivity index (χ3n) is 2.59. The van der Waals surface area contributed by atoms with E-state index in [1.165, 1.54) is 6.08 Å². The first kappa shape index (κ1) is 19.8. The van der Waals surface area contributed by atoms with Crippen LogP contribution in [-0.4, -0.2) is 40.8 Å². The van der Waals surface area contributed by atoms with Crippen molar-refractivity contribution in [1.82, 2.24) is 4.90 Å². The Kier molecular flexibility index (Phi) is 6.47. The molecule has 0 N–H and O–H groups in total. The number of nitrogens with zero attached hydrogens (tertiary/aromatic N) is 1. The number of hydrogen-bond acceptors (Lipinski definition) is 6. The number of imide groups is 1. The second-order valence-electron chi connectivity index (χ2n) is 7.42. The van der Waals surface area contributed by atoms with Crippen LogP contribution < -0.4 is 0 Å². The van der Waals surface area contributed by atoms with Crippen molar-refractivity contribution in [1.29, 1.82) is 0 Å². The van der Waals surface area contributed by atoms with E-state index in [-0.39, 0.29) is 24.8 Å². The van der Waals surface area contributed by atoms with E-state index in [9.17, 15) is 9.59 Å². The Morgan fingerprint density at radius 3 is 1.83 bits per heavy atom. The van der Waals surface area contributed by atoms with Gasteiger partial charge in [0.25, 0.3) is 11.8 Å². The van der Waals surface area contributed by atoms with Gasteiger partial charge in [-0.15, -0.1) is 0 Å². The SMILES string of the molecule is CC1=CC(=O)N(CCC(OOC(C)(C)C)OOC(C)(C)C)C1=O. The number of carbonyl (C=O) groups is 2. The van der Waals surface area contributed by atoms with Gasteiger partial charge in [-0.2, -0.15) is 0 Å². The number of rotatable bonds is 7. The van der Waals surface area contributed by atoms with Crippen molar-refractivity contribution >= 4 is 11.8 Å². The number of carbonyl (C=O) groups excluding carboxylic acids is 2. The van der Waals surface area contributed by atoms with Gasteiger partial charge in [0.2, 0.25) is 6.29 Å². The van der Waals surface area contributed by atoms with Gasteiger partial charge in [0.1, 0.15) is 0 Å². The van der Waals surface area contributed by atoms with Gasteiger partial charge in [0, 0.05) is 24.6 Å². The van der Waals surface area contributed by atoms with Crippen LogP contribution in [0, 0.1) is 0 Å². The molecule has 1 heterocycles. The van der Waals surface area contributed by atoms with Gasteiger partial charge >= 0.3 is 0 Å². The molecular formula is C16H27NO6. The summed E-state index contributed by atoms with van der Waals surface area (Å²) in [5.41, 5.74) is -0.632. The van der Waals surface area contributed by atoms with Crippen molar-refractivity contribution in [3.05, 3.63) is 11.6 Å². The Morgan fingerprint density at radius 2 is 1.48 bits per heavy atom. The van der Waals surface area contributed by atoms with Crippen LogP contribution in [0.3, 0.4) is 0 Å². The molecule has 0 spiro atoms. The molecule has 0 unspecified atom stereocenters. The van der Waals surface area contributed by atoms with Crippen molar-refractivity contribution in [2.75, 3.05) is 6.54 Å². The predicted molar refractivity (Wildman–Crippen MR) is 82.7 cm³/mol. The summed E-state index contributed by atoms with van der Waals surface area (Å²) < 4.78 is 0.